The minimum Gasteiger partial charge on any atom is -0.296 e. The molecule has 1 aromatic rings. The minimum atomic E-state index is 0.185. The molecule has 1 fully saturated rings. The van der Waals surface area contributed by atoms with Crippen molar-refractivity contribution in [3.05, 3.63) is 23.9 Å². The molecule has 0 saturated carbocycles. The molecule has 0 N–H and O–H groups in total. The first kappa shape index (κ1) is 11.6. The molecule has 1 amide bonds. The topological polar surface area (TPSA) is 33.2 Å². The molecule has 1 aliphatic rings. The Kier molecular flexibility index (Phi) is 3.59. The fraction of sp³-hybridized carbons (Fsp3) is 0.500. The zero-order valence-electron chi connectivity index (χ0n) is 9.32. The number of carbonyl (C=O) groups is 1. The molecule has 0 bridgehead atoms. The van der Waals surface area contributed by atoms with Crippen LogP contribution in [0, 0.1) is 5.92 Å². The zero-order valence-corrected chi connectivity index (χ0v) is 10.9. The van der Waals surface area contributed by atoms with Crippen molar-refractivity contribution in [2.45, 2.75) is 19.8 Å². The molecule has 3 nitrogen and oxygen atoms in total. The predicted octanol–water partition coefficient (Wildman–Crippen LogP) is 2.39. The van der Waals surface area contributed by atoms with E-state index in [2.05, 4.69) is 27.8 Å². The summed E-state index contributed by atoms with van der Waals surface area (Å²) in [6, 6.07) is 4.00. The molecule has 0 spiro atoms. The average molecular weight is 283 g/mol. The number of alkyl halides is 1. The SMILES string of the molecule is CCc1ccnc(N2CC(CBr)CC2=O)c1. The maximum atomic E-state index is 11.8. The van der Waals surface area contributed by atoms with E-state index in [9.17, 15) is 4.79 Å². The van der Waals surface area contributed by atoms with Gasteiger partial charge in [-0.15, -0.1) is 0 Å². The normalized spacial score (nSPS) is 20.5. The van der Waals surface area contributed by atoms with Crippen molar-refractivity contribution in [3.63, 3.8) is 0 Å². The summed E-state index contributed by atoms with van der Waals surface area (Å²) in [4.78, 5) is 17.9. The van der Waals surface area contributed by atoms with Gasteiger partial charge >= 0.3 is 0 Å². The standard InChI is InChI=1S/C12H15BrN2O/c1-2-9-3-4-14-11(5-9)15-8-10(7-13)6-12(15)16/h3-5,10H,2,6-8H2,1H3. The first-order valence-electron chi connectivity index (χ1n) is 5.55. The monoisotopic (exact) mass is 282 g/mol. The van der Waals surface area contributed by atoms with Gasteiger partial charge in [-0.1, -0.05) is 22.9 Å². The average Bonchev–Trinajstić information content (AvgIpc) is 2.71. The smallest absolute Gasteiger partial charge is 0.228 e. The second kappa shape index (κ2) is 4.95. The van der Waals surface area contributed by atoms with Crippen LogP contribution in [0.1, 0.15) is 18.9 Å². The van der Waals surface area contributed by atoms with Gasteiger partial charge in [0.1, 0.15) is 5.82 Å². The summed E-state index contributed by atoms with van der Waals surface area (Å²) in [6.45, 7) is 2.89. The van der Waals surface area contributed by atoms with Gasteiger partial charge < -0.3 is 0 Å². The highest BCUT2D eigenvalue weighted by molar-refractivity contribution is 9.09. The van der Waals surface area contributed by atoms with E-state index < -0.39 is 0 Å². The maximum absolute atomic E-state index is 11.8. The van der Waals surface area contributed by atoms with E-state index in [-0.39, 0.29) is 5.91 Å². The number of anilines is 1. The summed E-state index contributed by atoms with van der Waals surface area (Å²) in [6.07, 6.45) is 3.38. The van der Waals surface area contributed by atoms with Crippen molar-refractivity contribution in [2.75, 3.05) is 16.8 Å². The largest absolute Gasteiger partial charge is 0.296 e. The van der Waals surface area contributed by atoms with Crippen LogP contribution < -0.4 is 4.90 Å². The van der Waals surface area contributed by atoms with Crippen molar-refractivity contribution in [1.82, 2.24) is 4.98 Å². The Bertz CT molecular complexity index is 394. The van der Waals surface area contributed by atoms with Gasteiger partial charge in [0, 0.05) is 24.5 Å². The molecule has 2 heterocycles. The minimum absolute atomic E-state index is 0.185. The van der Waals surface area contributed by atoms with Gasteiger partial charge in [0.15, 0.2) is 0 Å². The fourth-order valence-electron chi connectivity index (χ4n) is 1.93. The third-order valence-electron chi connectivity index (χ3n) is 2.92. The van der Waals surface area contributed by atoms with Crippen LogP contribution in [-0.2, 0) is 11.2 Å². The molecular weight excluding hydrogens is 268 g/mol. The van der Waals surface area contributed by atoms with Gasteiger partial charge in [-0.3, -0.25) is 9.69 Å². The first-order valence-corrected chi connectivity index (χ1v) is 6.68. The number of pyridine rings is 1. The number of nitrogens with zero attached hydrogens (tertiary/aromatic N) is 2. The van der Waals surface area contributed by atoms with E-state index >= 15 is 0 Å². The second-order valence-corrected chi connectivity index (χ2v) is 4.75. The number of aryl methyl sites for hydroxylation is 1. The van der Waals surface area contributed by atoms with E-state index in [4.69, 9.17) is 0 Å². The lowest BCUT2D eigenvalue weighted by Crippen LogP contribution is -2.25. The summed E-state index contributed by atoms with van der Waals surface area (Å²) < 4.78 is 0. The quantitative estimate of drug-likeness (QED) is 0.798. The Morgan fingerprint density at radius 1 is 1.62 bits per heavy atom. The molecular formula is C12H15BrN2O. The molecule has 4 heteroatoms. The molecule has 1 saturated heterocycles. The van der Waals surface area contributed by atoms with Crippen molar-refractivity contribution >= 4 is 27.7 Å². The molecule has 2 rings (SSSR count). The van der Waals surface area contributed by atoms with Crippen LogP contribution in [0.15, 0.2) is 18.3 Å². The van der Waals surface area contributed by atoms with Gasteiger partial charge in [-0.25, -0.2) is 4.98 Å². The number of aromatic nitrogens is 1. The van der Waals surface area contributed by atoms with Crippen molar-refractivity contribution < 1.29 is 4.79 Å². The molecule has 0 aliphatic carbocycles. The van der Waals surface area contributed by atoms with E-state index in [0.29, 0.717) is 12.3 Å². The highest BCUT2D eigenvalue weighted by Crippen LogP contribution is 2.25. The van der Waals surface area contributed by atoms with Crippen LogP contribution in [0.25, 0.3) is 0 Å². The molecule has 0 radical (unpaired) electrons. The van der Waals surface area contributed by atoms with Crippen LogP contribution in [0.4, 0.5) is 5.82 Å². The Hall–Kier alpha value is -0.900. The number of rotatable bonds is 3. The number of amides is 1. The van der Waals surface area contributed by atoms with Gasteiger partial charge in [0.05, 0.1) is 0 Å². The molecule has 86 valence electrons. The van der Waals surface area contributed by atoms with Crippen LogP contribution in [0.5, 0.6) is 0 Å². The Morgan fingerprint density at radius 3 is 3.06 bits per heavy atom. The van der Waals surface area contributed by atoms with Gasteiger partial charge in [-0.05, 0) is 30.0 Å². The molecule has 16 heavy (non-hydrogen) atoms. The van der Waals surface area contributed by atoms with Crippen LogP contribution in [0.3, 0.4) is 0 Å². The van der Waals surface area contributed by atoms with Gasteiger partial charge in [-0.2, -0.15) is 0 Å². The Morgan fingerprint density at radius 2 is 2.44 bits per heavy atom. The number of hydrogen-bond donors (Lipinski definition) is 0. The fourth-order valence-corrected chi connectivity index (χ4v) is 2.37. The van der Waals surface area contributed by atoms with Crippen molar-refractivity contribution in [1.29, 1.82) is 0 Å². The number of hydrogen-bond acceptors (Lipinski definition) is 2. The van der Waals surface area contributed by atoms with Gasteiger partial charge in [0.25, 0.3) is 0 Å². The highest BCUT2D eigenvalue weighted by Gasteiger charge is 2.30. The first-order chi connectivity index (χ1) is 7.74. The van der Waals surface area contributed by atoms with Gasteiger partial charge in [0.2, 0.25) is 5.91 Å². The van der Waals surface area contributed by atoms with Crippen LogP contribution in [-0.4, -0.2) is 22.8 Å². The van der Waals surface area contributed by atoms with E-state index in [0.717, 1.165) is 24.1 Å². The molecule has 1 aromatic heterocycles. The van der Waals surface area contributed by atoms with Crippen LogP contribution >= 0.6 is 15.9 Å². The molecule has 1 aliphatic heterocycles. The Balaban J connectivity index is 2.20. The lowest BCUT2D eigenvalue weighted by molar-refractivity contribution is -0.117. The lowest BCUT2D eigenvalue weighted by atomic mass is 10.2. The highest BCUT2D eigenvalue weighted by atomic mass is 79.9. The predicted molar refractivity (Wildman–Crippen MR) is 67.9 cm³/mol. The lowest BCUT2D eigenvalue weighted by Gasteiger charge is -2.15. The van der Waals surface area contributed by atoms with Crippen LogP contribution in [0.2, 0.25) is 0 Å². The molecule has 1 atom stereocenters. The summed E-state index contributed by atoms with van der Waals surface area (Å²) in [5.41, 5.74) is 1.22. The summed E-state index contributed by atoms with van der Waals surface area (Å²) in [5, 5.41) is 0.878. The van der Waals surface area contributed by atoms with E-state index in [1.807, 2.05) is 12.1 Å². The second-order valence-electron chi connectivity index (χ2n) is 4.10. The van der Waals surface area contributed by atoms with Crippen molar-refractivity contribution in [3.8, 4) is 0 Å². The summed E-state index contributed by atoms with van der Waals surface area (Å²) in [7, 11) is 0. The number of halogens is 1. The van der Waals surface area contributed by atoms with E-state index in [1.54, 1.807) is 11.1 Å². The third-order valence-corrected chi connectivity index (χ3v) is 3.83. The third kappa shape index (κ3) is 2.26. The van der Waals surface area contributed by atoms with Crippen molar-refractivity contribution in [2.24, 2.45) is 5.92 Å². The Labute approximate surface area is 104 Å². The number of carbonyl (C=O) groups excluding carboxylic acids is 1. The molecule has 1 unspecified atom stereocenters. The summed E-state index contributed by atoms with van der Waals surface area (Å²) >= 11 is 3.43. The zero-order chi connectivity index (χ0) is 11.5. The van der Waals surface area contributed by atoms with E-state index in [1.165, 1.54) is 5.56 Å². The molecule has 0 aromatic carbocycles. The summed E-state index contributed by atoms with van der Waals surface area (Å²) in [5.74, 6) is 1.40. The maximum Gasteiger partial charge on any atom is 0.228 e.